The van der Waals surface area contributed by atoms with Crippen LogP contribution in [0.4, 0.5) is 4.39 Å². The largest absolute Gasteiger partial charge is 0.250 e. The van der Waals surface area contributed by atoms with Gasteiger partial charge >= 0.3 is 0 Å². The van der Waals surface area contributed by atoms with Gasteiger partial charge in [-0.15, -0.1) is 0 Å². The van der Waals surface area contributed by atoms with E-state index in [1.807, 2.05) is 95.9 Å². The average Bonchev–Trinajstić information content (AvgIpc) is 3.22. The Labute approximate surface area is 136 Å². The lowest BCUT2D eigenvalue weighted by Crippen LogP contribution is -2.18. The minimum atomic E-state index is -1.01. The molecular formula is C21H18FN. The van der Waals surface area contributed by atoms with Gasteiger partial charge in [-0.1, -0.05) is 91.0 Å². The molecule has 1 saturated heterocycles. The van der Waals surface area contributed by atoms with E-state index in [2.05, 4.69) is 0 Å². The standard InChI is InChI=1S/C21H18FN/c22-20-21(18-12-6-2-7-13-18,19-14-8-3-9-15-19)23(20)16-17-10-4-1-5-11-17/h1-15,20H,16H2. The number of alkyl halides is 1. The van der Waals surface area contributed by atoms with Crippen LogP contribution in [0.5, 0.6) is 0 Å². The Hall–Kier alpha value is -2.45. The predicted octanol–water partition coefficient (Wildman–Crippen LogP) is 4.74. The molecule has 0 aromatic heterocycles. The molecule has 114 valence electrons. The van der Waals surface area contributed by atoms with Crippen LogP contribution in [-0.4, -0.2) is 11.2 Å². The molecule has 1 heterocycles. The normalized spacial score (nSPS) is 21.8. The average molecular weight is 303 g/mol. The Balaban J connectivity index is 1.76. The van der Waals surface area contributed by atoms with Crippen molar-refractivity contribution < 1.29 is 4.39 Å². The predicted molar refractivity (Wildman–Crippen MR) is 90.5 cm³/mol. The fourth-order valence-corrected chi connectivity index (χ4v) is 3.45. The molecule has 2 unspecified atom stereocenters. The number of nitrogens with zero attached hydrogens (tertiary/aromatic N) is 1. The van der Waals surface area contributed by atoms with E-state index in [1.54, 1.807) is 0 Å². The topological polar surface area (TPSA) is 3.01 Å². The molecule has 0 spiro atoms. The second-order valence-corrected chi connectivity index (χ2v) is 5.95. The van der Waals surface area contributed by atoms with Gasteiger partial charge in [0.05, 0.1) is 0 Å². The number of benzene rings is 3. The maximum atomic E-state index is 15.1. The molecule has 1 nitrogen and oxygen atoms in total. The van der Waals surface area contributed by atoms with Gasteiger partial charge in [0.15, 0.2) is 6.30 Å². The highest BCUT2D eigenvalue weighted by molar-refractivity contribution is 5.46. The molecule has 4 rings (SSSR count). The SMILES string of the molecule is FC1N(Cc2ccccc2)C1(c1ccccc1)c1ccccc1. The molecule has 0 aliphatic carbocycles. The number of hydrogen-bond donors (Lipinski definition) is 0. The second-order valence-electron chi connectivity index (χ2n) is 5.95. The Bertz CT molecular complexity index is 731. The molecule has 2 heteroatoms. The minimum absolute atomic E-state index is 0.603. The summed E-state index contributed by atoms with van der Waals surface area (Å²) in [4.78, 5) is 1.92. The first-order chi connectivity index (χ1) is 11.3. The van der Waals surface area contributed by atoms with Gasteiger partial charge in [0.1, 0.15) is 5.54 Å². The van der Waals surface area contributed by atoms with Crippen LogP contribution in [0, 0.1) is 0 Å². The van der Waals surface area contributed by atoms with Crippen LogP contribution in [0.3, 0.4) is 0 Å². The number of halogens is 1. The van der Waals surface area contributed by atoms with Crippen LogP contribution in [0.25, 0.3) is 0 Å². The Morgan fingerprint density at radius 2 is 1.13 bits per heavy atom. The van der Waals surface area contributed by atoms with E-state index in [9.17, 15) is 0 Å². The molecule has 0 saturated carbocycles. The molecule has 0 radical (unpaired) electrons. The van der Waals surface area contributed by atoms with Gasteiger partial charge in [-0.3, -0.25) is 0 Å². The zero-order valence-electron chi connectivity index (χ0n) is 12.8. The van der Waals surface area contributed by atoms with Crippen molar-refractivity contribution in [2.45, 2.75) is 18.4 Å². The molecule has 0 N–H and O–H groups in total. The summed E-state index contributed by atoms with van der Waals surface area (Å²) < 4.78 is 15.1. The van der Waals surface area contributed by atoms with Crippen LogP contribution in [0.2, 0.25) is 0 Å². The van der Waals surface area contributed by atoms with Gasteiger partial charge < -0.3 is 0 Å². The minimum Gasteiger partial charge on any atom is -0.250 e. The van der Waals surface area contributed by atoms with Crippen molar-refractivity contribution >= 4 is 0 Å². The van der Waals surface area contributed by atoms with Crippen LogP contribution < -0.4 is 0 Å². The van der Waals surface area contributed by atoms with Gasteiger partial charge in [0.25, 0.3) is 0 Å². The Morgan fingerprint density at radius 1 is 0.696 bits per heavy atom. The molecule has 3 aromatic carbocycles. The van der Waals surface area contributed by atoms with E-state index in [1.165, 1.54) is 0 Å². The van der Waals surface area contributed by atoms with Gasteiger partial charge in [-0.2, -0.15) is 0 Å². The molecule has 1 aliphatic heterocycles. The summed E-state index contributed by atoms with van der Waals surface area (Å²) in [6.45, 7) is 0.603. The van der Waals surface area contributed by atoms with Crippen LogP contribution in [0.1, 0.15) is 16.7 Å². The Kier molecular flexibility index (Phi) is 3.47. The first-order valence-electron chi connectivity index (χ1n) is 7.89. The summed E-state index contributed by atoms with van der Waals surface area (Å²) in [6, 6.07) is 30.0. The molecule has 3 aromatic rings. The highest BCUT2D eigenvalue weighted by Crippen LogP contribution is 2.56. The van der Waals surface area contributed by atoms with Crippen molar-refractivity contribution in [1.29, 1.82) is 0 Å². The molecule has 1 fully saturated rings. The summed E-state index contributed by atoms with van der Waals surface area (Å²) >= 11 is 0. The fraction of sp³-hybridized carbons (Fsp3) is 0.143. The quantitative estimate of drug-likeness (QED) is 0.497. The first kappa shape index (κ1) is 14.2. The maximum absolute atomic E-state index is 15.1. The van der Waals surface area contributed by atoms with E-state index in [0.717, 1.165) is 16.7 Å². The van der Waals surface area contributed by atoms with Crippen LogP contribution >= 0.6 is 0 Å². The maximum Gasteiger partial charge on any atom is 0.182 e. The summed E-state index contributed by atoms with van der Waals surface area (Å²) in [5.41, 5.74) is 2.48. The lowest BCUT2D eigenvalue weighted by Gasteiger charge is -2.18. The molecule has 1 aliphatic rings. The van der Waals surface area contributed by atoms with E-state index in [0.29, 0.717) is 6.54 Å². The number of rotatable bonds is 4. The Morgan fingerprint density at radius 3 is 1.61 bits per heavy atom. The summed E-state index contributed by atoms with van der Waals surface area (Å²) in [5.74, 6) is 0. The van der Waals surface area contributed by atoms with Crippen molar-refractivity contribution in [3.8, 4) is 0 Å². The van der Waals surface area contributed by atoms with Gasteiger partial charge in [0.2, 0.25) is 0 Å². The monoisotopic (exact) mass is 303 g/mol. The number of hydrogen-bond acceptors (Lipinski definition) is 1. The molecule has 0 bridgehead atoms. The zero-order valence-corrected chi connectivity index (χ0v) is 12.8. The second kappa shape index (κ2) is 5.64. The van der Waals surface area contributed by atoms with E-state index in [-0.39, 0.29) is 0 Å². The lowest BCUT2D eigenvalue weighted by atomic mass is 9.90. The van der Waals surface area contributed by atoms with E-state index in [4.69, 9.17) is 0 Å². The van der Waals surface area contributed by atoms with Crippen molar-refractivity contribution in [2.24, 2.45) is 0 Å². The third kappa shape index (κ3) is 2.27. The molecule has 0 amide bonds. The van der Waals surface area contributed by atoms with Crippen molar-refractivity contribution in [1.82, 2.24) is 4.90 Å². The highest BCUT2D eigenvalue weighted by atomic mass is 19.1. The van der Waals surface area contributed by atoms with Gasteiger partial charge in [-0.25, -0.2) is 9.29 Å². The van der Waals surface area contributed by atoms with Crippen molar-refractivity contribution in [3.63, 3.8) is 0 Å². The molecular weight excluding hydrogens is 285 g/mol. The smallest absolute Gasteiger partial charge is 0.182 e. The molecule has 23 heavy (non-hydrogen) atoms. The van der Waals surface area contributed by atoms with Crippen molar-refractivity contribution in [2.75, 3.05) is 0 Å². The zero-order chi connectivity index (χ0) is 15.7. The first-order valence-corrected chi connectivity index (χ1v) is 7.89. The summed E-state index contributed by atoms with van der Waals surface area (Å²) in [7, 11) is 0. The van der Waals surface area contributed by atoms with Crippen molar-refractivity contribution in [3.05, 3.63) is 108 Å². The third-order valence-corrected chi connectivity index (χ3v) is 4.63. The van der Waals surface area contributed by atoms with E-state index >= 15 is 4.39 Å². The van der Waals surface area contributed by atoms with Crippen LogP contribution in [0.15, 0.2) is 91.0 Å². The van der Waals surface area contributed by atoms with E-state index < -0.39 is 11.8 Å². The lowest BCUT2D eigenvalue weighted by molar-refractivity contribution is 0.343. The van der Waals surface area contributed by atoms with Crippen LogP contribution in [-0.2, 0) is 12.1 Å². The summed E-state index contributed by atoms with van der Waals surface area (Å²) in [5, 5.41) is 0. The van der Waals surface area contributed by atoms with Gasteiger partial charge in [0, 0.05) is 6.54 Å². The third-order valence-electron chi connectivity index (χ3n) is 4.63. The molecule has 2 atom stereocenters. The highest BCUT2D eigenvalue weighted by Gasteiger charge is 2.65. The fourth-order valence-electron chi connectivity index (χ4n) is 3.45. The van der Waals surface area contributed by atoms with Gasteiger partial charge in [-0.05, 0) is 16.7 Å². The summed E-state index contributed by atoms with van der Waals surface area (Å²) in [6.07, 6.45) is -1.01.